The van der Waals surface area contributed by atoms with Gasteiger partial charge in [0.15, 0.2) is 0 Å². The van der Waals surface area contributed by atoms with Crippen LogP contribution in [0.4, 0.5) is 5.82 Å². The van der Waals surface area contributed by atoms with Gasteiger partial charge in [0.1, 0.15) is 5.82 Å². The van der Waals surface area contributed by atoms with Crippen molar-refractivity contribution in [2.24, 2.45) is 0 Å². The molecule has 0 fully saturated rings. The molecule has 0 aliphatic heterocycles. The summed E-state index contributed by atoms with van der Waals surface area (Å²) in [6, 6.07) is 6.40. The number of anilines is 1. The predicted molar refractivity (Wildman–Crippen MR) is 50.0 cm³/mol. The molecule has 0 bridgehead atoms. The zero-order chi connectivity index (χ0) is 8.23. The number of allylic oxidation sites excluding steroid dienone is 1. The first-order valence-electron chi connectivity index (χ1n) is 4.29. The molecule has 0 amide bonds. The average Bonchev–Trinajstić information content (AvgIpc) is 2.59. The lowest BCUT2D eigenvalue weighted by Gasteiger charge is -2.10. The van der Waals surface area contributed by atoms with Gasteiger partial charge in [0.2, 0.25) is 0 Å². The van der Waals surface area contributed by atoms with Crippen molar-refractivity contribution in [1.29, 1.82) is 0 Å². The van der Waals surface area contributed by atoms with Crippen LogP contribution < -0.4 is 5.32 Å². The van der Waals surface area contributed by atoms with Crippen LogP contribution in [0.25, 0.3) is 0 Å². The highest BCUT2D eigenvalue weighted by atomic mass is 15.0. The molecule has 1 aromatic heterocycles. The van der Waals surface area contributed by atoms with Crippen molar-refractivity contribution in [3.05, 3.63) is 36.5 Å². The molecule has 1 heterocycles. The lowest BCUT2D eigenvalue weighted by Crippen LogP contribution is -2.13. The zero-order valence-electron chi connectivity index (χ0n) is 6.90. The molecule has 1 aromatic rings. The average molecular weight is 160 g/mol. The standard InChI is InChI=1S/C10H12N2/c1-2-6-9(5-1)12-10-7-3-4-8-11-10/h1,3-5,7-9H,2,6H2,(H,11,12)/t9-/m1/s1. The molecule has 0 saturated carbocycles. The Hall–Kier alpha value is -1.31. The van der Waals surface area contributed by atoms with Gasteiger partial charge in [0, 0.05) is 12.2 Å². The highest BCUT2D eigenvalue weighted by Gasteiger charge is 2.07. The fraction of sp³-hybridized carbons (Fsp3) is 0.300. The minimum atomic E-state index is 0.486. The van der Waals surface area contributed by atoms with E-state index in [2.05, 4.69) is 22.5 Å². The van der Waals surface area contributed by atoms with Crippen molar-refractivity contribution >= 4 is 5.82 Å². The van der Waals surface area contributed by atoms with Crippen LogP contribution in [0.5, 0.6) is 0 Å². The Labute approximate surface area is 72.3 Å². The summed E-state index contributed by atoms with van der Waals surface area (Å²) in [6.07, 6.45) is 8.59. The van der Waals surface area contributed by atoms with E-state index in [4.69, 9.17) is 0 Å². The molecule has 2 heteroatoms. The van der Waals surface area contributed by atoms with Crippen LogP contribution in [0.1, 0.15) is 12.8 Å². The molecule has 12 heavy (non-hydrogen) atoms. The maximum Gasteiger partial charge on any atom is 0.126 e. The molecule has 0 aromatic carbocycles. The van der Waals surface area contributed by atoms with E-state index in [0.29, 0.717) is 6.04 Å². The second-order valence-electron chi connectivity index (χ2n) is 2.97. The number of nitrogens with one attached hydrogen (secondary N) is 1. The van der Waals surface area contributed by atoms with E-state index in [1.54, 1.807) is 6.20 Å². The summed E-state index contributed by atoms with van der Waals surface area (Å²) in [6.45, 7) is 0. The Kier molecular flexibility index (Phi) is 2.08. The number of hydrogen-bond acceptors (Lipinski definition) is 2. The van der Waals surface area contributed by atoms with Crippen LogP contribution in [0.2, 0.25) is 0 Å². The minimum absolute atomic E-state index is 0.486. The van der Waals surface area contributed by atoms with E-state index in [0.717, 1.165) is 5.82 Å². The number of pyridine rings is 1. The van der Waals surface area contributed by atoms with Gasteiger partial charge in [0.05, 0.1) is 0 Å². The lowest BCUT2D eigenvalue weighted by molar-refractivity contribution is 0.820. The van der Waals surface area contributed by atoms with E-state index >= 15 is 0 Å². The summed E-state index contributed by atoms with van der Waals surface area (Å²) < 4.78 is 0. The Morgan fingerprint density at radius 1 is 1.42 bits per heavy atom. The highest BCUT2D eigenvalue weighted by molar-refractivity contribution is 5.36. The van der Waals surface area contributed by atoms with Gasteiger partial charge in [0.25, 0.3) is 0 Å². The molecule has 1 atom stereocenters. The summed E-state index contributed by atoms with van der Waals surface area (Å²) in [5.41, 5.74) is 0. The fourth-order valence-corrected chi connectivity index (χ4v) is 1.39. The van der Waals surface area contributed by atoms with Gasteiger partial charge < -0.3 is 5.32 Å². The maximum atomic E-state index is 4.20. The lowest BCUT2D eigenvalue weighted by atomic mass is 10.2. The third-order valence-corrected chi connectivity index (χ3v) is 2.01. The highest BCUT2D eigenvalue weighted by Crippen LogP contribution is 2.13. The van der Waals surface area contributed by atoms with Gasteiger partial charge in [-0.15, -0.1) is 0 Å². The topological polar surface area (TPSA) is 24.9 Å². The van der Waals surface area contributed by atoms with Crippen molar-refractivity contribution in [3.8, 4) is 0 Å². The minimum Gasteiger partial charge on any atom is -0.364 e. The molecule has 0 saturated heterocycles. The zero-order valence-corrected chi connectivity index (χ0v) is 6.90. The maximum absolute atomic E-state index is 4.20. The molecule has 2 nitrogen and oxygen atoms in total. The van der Waals surface area contributed by atoms with E-state index in [-0.39, 0.29) is 0 Å². The van der Waals surface area contributed by atoms with Gasteiger partial charge in [-0.05, 0) is 25.0 Å². The van der Waals surface area contributed by atoms with Crippen LogP contribution in [0, 0.1) is 0 Å². The smallest absolute Gasteiger partial charge is 0.126 e. The Morgan fingerprint density at radius 3 is 3.08 bits per heavy atom. The molecule has 62 valence electrons. The Balaban J connectivity index is 1.99. The molecular weight excluding hydrogens is 148 g/mol. The van der Waals surface area contributed by atoms with Crippen LogP contribution >= 0.6 is 0 Å². The number of aromatic nitrogens is 1. The first-order valence-corrected chi connectivity index (χ1v) is 4.29. The first kappa shape index (κ1) is 7.35. The molecule has 2 rings (SSSR count). The fourth-order valence-electron chi connectivity index (χ4n) is 1.39. The second kappa shape index (κ2) is 3.39. The number of nitrogens with zero attached hydrogens (tertiary/aromatic N) is 1. The van der Waals surface area contributed by atoms with Crippen molar-refractivity contribution < 1.29 is 0 Å². The van der Waals surface area contributed by atoms with Crippen LogP contribution in [-0.2, 0) is 0 Å². The van der Waals surface area contributed by atoms with Gasteiger partial charge in [-0.25, -0.2) is 4.98 Å². The van der Waals surface area contributed by atoms with Crippen molar-refractivity contribution in [2.45, 2.75) is 18.9 Å². The van der Waals surface area contributed by atoms with Crippen molar-refractivity contribution in [1.82, 2.24) is 4.98 Å². The summed E-state index contributed by atoms with van der Waals surface area (Å²) in [5, 5.41) is 3.34. The third kappa shape index (κ3) is 1.64. The Bertz CT molecular complexity index is 266. The second-order valence-corrected chi connectivity index (χ2v) is 2.97. The van der Waals surface area contributed by atoms with Gasteiger partial charge >= 0.3 is 0 Å². The van der Waals surface area contributed by atoms with E-state index in [9.17, 15) is 0 Å². The van der Waals surface area contributed by atoms with E-state index in [1.807, 2.05) is 18.2 Å². The van der Waals surface area contributed by atoms with Crippen molar-refractivity contribution in [2.75, 3.05) is 5.32 Å². The SMILES string of the molecule is C1=C[C@@H](Nc2ccccn2)CC1. The first-order chi connectivity index (χ1) is 5.95. The number of hydrogen-bond donors (Lipinski definition) is 1. The molecule has 1 aliphatic rings. The van der Waals surface area contributed by atoms with E-state index < -0.39 is 0 Å². The molecule has 0 unspecified atom stereocenters. The van der Waals surface area contributed by atoms with Crippen molar-refractivity contribution in [3.63, 3.8) is 0 Å². The van der Waals surface area contributed by atoms with Gasteiger partial charge in [-0.1, -0.05) is 18.2 Å². The van der Waals surface area contributed by atoms with Gasteiger partial charge in [-0.2, -0.15) is 0 Å². The predicted octanol–water partition coefficient (Wildman–Crippen LogP) is 2.21. The summed E-state index contributed by atoms with van der Waals surface area (Å²) >= 11 is 0. The molecular formula is C10H12N2. The molecule has 1 aliphatic carbocycles. The summed E-state index contributed by atoms with van der Waals surface area (Å²) in [7, 11) is 0. The Morgan fingerprint density at radius 2 is 2.42 bits per heavy atom. The van der Waals surface area contributed by atoms with E-state index in [1.165, 1.54) is 12.8 Å². The largest absolute Gasteiger partial charge is 0.364 e. The summed E-state index contributed by atoms with van der Waals surface area (Å²) in [5.74, 6) is 0.967. The van der Waals surface area contributed by atoms with Crippen LogP contribution in [-0.4, -0.2) is 11.0 Å². The molecule has 0 radical (unpaired) electrons. The van der Waals surface area contributed by atoms with Crippen LogP contribution in [0.15, 0.2) is 36.5 Å². The number of rotatable bonds is 2. The third-order valence-electron chi connectivity index (χ3n) is 2.01. The normalized spacial score (nSPS) is 21.2. The molecule has 0 spiro atoms. The van der Waals surface area contributed by atoms with Crippen LogP contribution in [0.3, 0.4) is 0 Å². The summed E-state index contributed by atoms with van der Waals surface area (Å²) in [4.78, 5) is 4.20. The van der Waals surface area contributed by atoms with Gasteiger partial charge in [-0.3, -0.25) is 0 Å². The quantitative estimate of drug-likeness (QED) is 0.671. The molecule has 1 N–H and O–H groups in total. The monoisotopic (exact) mass is 160 g/mol.